The average molecular weight is 387 g/mol. The molecule has 2 aromatic rings. The Balaban J connectivity index is 1.64. The van der Waals surface area contributed by atoms with Crippen molar-refractivity contribution in [2.45, 2.75) is 39.8 Å². The topological polar surface area (TPSA) is 79.6 Å². The summed E-state index contributed by atoms with van der Waals surface area (Å²) in [6.07, 6.45) is 1.16. The second kappa shape index (κ2) is 8.95. The number of piperazine rings is 1. The van der Waals surface area contributed by atoms with E-state index in [1.807, 2.05) is 38.1 Å². The first-order valence-electron chi connectivity index (χ1n) is 10.1. The second-order valence-corrected chi connectivity index (χ2v) is 7.03. The first kappa shape index (κ1) is 20.0. The minimum Gasteiger partial charge on any atom is -0.339 e. The Morgan fingerprint density at radius 3 is 2.07 bits per heavy atom. The fraction of sp³-hybridized carbons (Fsp3) is 0.550. The molecule has 1 fully saturated rings. The Morgan fingerprint density at radius 2 is 1.50 bits per heavy atom. The van der Waals surface area contributed by atoms with E-state index in [4.69, 9.17) is 0 Å². The van der Waals surface area contributed by atoms with Crippen LogP contribution in [0.3, 0.4) is 0 Å². The summed E-state index contributed by atoms with van der Waals surface area (Å²) < 4.78 is 3.48. The van der Waals surface area contributed by atoms with E-state index in [0.717, 1.165) is 17.5 Å². The predicted octanol–water partition coefficient (Wildman–Crippen LogP) is 1.48. The van der Waals surface area contributed by atoms with E-state index in [1.54, 1.807) is 18.9 Å². The van der Waals surface area contributed by atoms with Gasteiger partial charge >= 0.3 is 11.7 Å². The predicted molar refractivity (Wildman–Crippen MR) is 108 cm³/mol. The second-order valence-electron chi connectivity index (χ2n) is 7.03. The van der Waals surface area contributed by atoms with E-state index in [9.17, 15) is 14.4 Å². The number of urea groups is 1. The van der Waals surface area contributed by atoms with E-state index in [-0.39, 0.29) is 24.0 Å². The minimum atomic E-state index is -0.0788. The summed E-state index contributed by atoms with van der Waals surface area (Å²) in [7, 11) is 0. The molecule has 8 heteroatoms. The number of amides is 3. The van der Waals surface area contributed by atoms with Crippen LogP contribution in [0, 0.1) is 0 Å². The van der Waals surface area contributed by atoms with Crippen molar-refractivity contribution in [1.29, 1.82) is 0 Å². The van der Waals surface area contributed by atoms with Crippen LogP contribution in [0.15, 0.2) is 29.1 Å². The van der Waals surface area contributed by atoms with Gasteiger partial charge in [-0.05, 0) is 25.5 Å². The van der Waals surface area contributed by atoms with Crippen molar-refractivity contribution in [2.24, 2.45) is 0 Å². The van der Waals surface area contributed by atoms with Gasteiger partial charge in [-0.3, -0.25) is 13.9 Å². The van der Waals surface area contributed by atoms with E-state index < -0.39 is 0 Å². The highest BCUT2D eigenvalue weighted by molar-refractivity contribution is 5.79. The summed E-state index contributed by atoms with van der Waals surface area (Å²) >= 11 is 0. The van der Waals surface area contributed by atoms with Crippen LogP contribution < -0.4 is 11.0 Å². The molecule has 1 N–H and O–H groups in total. The van der Waals surface area contributed by atoms with Crippen LogP contribution in [0.25, 0.3) is 11.0 Å². The van der Waals surface area contributed by atoms with Crippen molar-refractivity contribution in [2.75, 3.05) is 32.7 Å². The zero-order chi connectivity index (χ0) is 20.1. The summed E-state index contributed by atoms with van der Waals surface area (Å²) in [6.45, 7) is 7.69. The Hall–Kier alpha value is -2.77. The minimum absolute atomic E-state index is 0.0229. The third kappa shape index (κ3) is 4.05. The number of fused-ring (bicyclic) bond motifs is 1. The molecule has 8 nitrogen and oxygen atoms in total. The van der Waals surface area contributed by atoms with Crippen molar-refractivity contribution in [1.82, 2.24) is 24.3 Å². The molecule has 0 unspecified atom stereocenters. The number of aryl methyl sites for hydroxylation is 2. The summed E-state index contributed by atoms with van der Waals surface area (Å²) in [5.41, 5.74) is 1.73. The molecule has 0 spiro atoms. The van der Waals surface area contributed by atoms with Crippen molar-refractivity contribution >= 4 is 23.0 Å². The maximum atomic E-state index is 12.8. The maximum Gasteiger partial charge on any atom is 0.329 e. The molecule has 0 radical (unpaired) electrons. The number of para-hydroxylation sites is 2. The molecule has 0 bridgehead atoms. The number of nitrogens with zero attached hydrogens (tertiary/aromatic N) is 4. The van der Waals surface area contributed by atoms with Gasteiger partial charge in [0.2, 0.25) is 5.91 Å². The first-order valence-corrected chi connectivity index (χ1v) is 10.1. The fourth-order valence-corrected chi connectivity index (χ4v) is 3.72. The first-order chi connectivity index (χ1) is 13.6. The quantitative estimate of drug-likeness (QED) is 0.815. The molecule has 1 aliphatic heterocycles. The van der Waals surface area contributed by atoms with E-state index in [2.05, 4.69) is 5.32 Å². The van der Waals surface area contributed by atoms with E-state index >= 15 is 0 Å². The van der Waals surface area contributed by atoms with Gasteiger partial charge in [0.25, 0.3) is 0 Å². The molecule has 0 atom stereocenters. The van der Waals surface area contributed by atoms with Crippen LogP contribution in [0.2, 0.25) is 0 Å². The number of carbonyl (C=O) groups is 2. The SMILES string of the molecule is CCCn1c(=O)n(CCC(=O)N2CCN(C(=O)NCC)CC2)c2ccccc21. The molecule has 152 valence electrons. The van der Waals surface area contributed by atoms with E-state index in [0.29, 0.717) is 45.8 Å². The number of hydrogen-bond acceptors (Lipinski definition) is 3. The van der Waals surface area contributed by atoms with Gasteiger partial charge in [-0.1, -0.05) is 19.1 Å². The van der Waals surface area contributed by atoms with Crippen LogP contribution in [0.4, 0.5) is 4.79 Å². The molecular weight excluding hydrogens is 358 g/mol. The van der Waals surface area contributed by atoms with Crippen molar-refractivity contribution in [3.63, 3.8) is 0 Å². The highest BCUT2D eigenvalue weighted by Gasteiger charge is 2.24. The molecule has 0 aliphatic carbocycles. The average Bonchev–Trinajstić information content (AvgIpc) is 2.98. The number of benzene rings is 1. The van der Waals surface area contributed by atoms with Crippen LogP contribution in [-0.4, -0.2) is 63.6 Å². The third-order valence-electron chi connectivity index (χ3n) is 5.17. The fourth-order valence-electron chi connectivity index (χ4n) is 3.72. The molecule has 3 rings (SSSR count). The maximum absolute atomic E-state index is 12.8. The Morgan fingerprint density at radius 1 is 0.929 bits per heavy atom. The Bertz CT molecular complexity index is 893. The smallest absolute Gasteiger partial charge is 0.329 e. The lowest BCUT2D eigenvalue weighted by Gasteiger charge is -2.34. The number of nitrogens with one attached hydrogen (secondary N) is 1. The lowest BCUT2D eigenvalue weighted by molar-refractivity contribution is -0.132. The molecule has 3 amide bonds. The van der Waals surface area contributed by atoms with Gasteiger partial charge < -0.3 is 15.1 Å². The van der Waals surface area contributed by atoms with Gasteiger partial charge in [-0.15, -0.1) is 0 Å². The lowest BCUT2D eigenvalue weighted by atomic mass is 10.2. The van der Waals surface area contributed by atoms with E-state index in [1.165, 1.54) is 0 Å². The largest absolute Gasteiger partial charge is 0.339 e. The normalized spacial score (nSPS) is 14.5. The molecular formula is C20H29N5O3. The van der Waals surface area contributed by atoms with Crippen LogP contribution in [0.5, 0.6) is 0 Å². The van der Waals surface area contributed by atoms with Crippen molar-refractivity contribution in [3.8, 4) is 0 Å². The van der Waals surface area contributed by atoms with Crippen molar-refractivity contribution in [3.05, 3.63) is 34.7 Å². The monoisotopic (exact) mass is 387 g/mol. The number of aromatic nitrogens is 2. The van der Waals surface area contributed by atoms with Gasteiger partial charge in [-0.2, -0.15) is 0 Å². The molecule has 1 aromatic carbocycles. The molecule has 1 saturated heterocycles. The number of hydrogen-bond donors (Lipinski definition) is 1. The third-order valence-corrected chi connectivity index (χ3v) is 5.17. The summed E-state index contributed by atoms with van der Waals surface area (Å²) in [5.74, 6) is 0.0229. The van der Waals surface area contributed by atoms with Gasteiger partial charge in [0.15, 0.2) is 0 Å². The van der Waals surface area contributed by atoms with Crippen molar-refractivity contribution < 1.29 is 9.59 Å². The molecule has 0 saturated carbocycles. The molecule has 1 aromatic heterocycles. The highest BCUT2D eigenvalue weighted by atomic mass is 16.2. The summed E-state index contributed by atoms with van der Waals surface area (Å²) in [4.78, 5) is 40.8. The lowest BCUT2D eigenvalue weighted by Crippen LogP contribution is -2.53. The number of imidazole rings is 1. The van der Waals surface area contributed by atoms with Gasteiger partial charge in [0, 0.05) is 52.2 Å². The van der Waals surface area contributed by atoms with Gasteiger partial charge in [-0.25, -0.2) is 9.59 Å². The zero-order valence-electron chi connectivity index (χ0n) is 16.7. The number of carbonyl (C=O) groups excluding carboxylic acids is 2. The number of rotatable bonds is 6. The molecule has 2 heterocycles. The van der Waals surface area contributed by atoms with Gasteiger partial charge in [0.05, 0.1) is 11.0 Å². The van der Waals surface area contributed by atoms with Gasteiger partial charge in [0.1, 0.15) is 0 Å². The summed E-state index contributed by atoms with van der Waals surface area (Å²) in [6, 6.07) is 7.64. The Kier molecular flexibility index (Phi) is 6.38. The molecule has 1 aliphatic rings. The van der Waals surface area contributed by atoms with Crippen LogP contribution >= 0.6 is 0 Å². The van der Waals surface area contributed by atoms with Crippen LogP contribution in [-0.2, 0) is 17.9 Å². The van der Waals surface area contributed by atoms with Crippen LogP contribution in [0.1, 0.15) is 26.7 Å². The zero-order valence-corrected chi connectivity index (χ0v) is 16.7. The standard InChI is InChI=1S/C20H29N5O3/c1-3-10-24-16-7-5-6-8-17(16)25(20(24)28)11-9-18(26)22-12-14-23(15-13-22)19(27)21-4-2/h5-8H,3-4,9-15H2,1-2H3,(H,21,27). The highest BCUT2D eigenvalue weighted by Crippen LogP contribution is 2.14. The Labute approximate surface area is 164 Å². The molecule has 28 heavy (non-hydrogen) atoms. The summed E-state index contributed by atoms with van der Waals surface area (Å²) in [5, 5.41) is 2.78.